The van der Waals surface area contributed by atoms with Gasteiger partial charge in [0, 0.05) is 18.7 Å². The van der Waals surface area contributed by atoms with E-state index in [1.165, 1.54) is 18.5 Å². The van der Waals surface area contributed by atoms with Gasteiger partial charge in [0.15, 0.2) is 0 Å². The molecule has 184 valence electrons. The smallest absolute Gasteiger partial charge is 0.146 e. The molecule has 2 aromatic heterocycles. The molecule has 1 aliphatic rings. The van der Waals surface area contributed by atoms with Crippen LogP contribution >= 0.6 is 0 Å². The maximum atomic E-state index is 12.9. The minimum Gasteiger partial charge on any atom is -0.390 e. The van der Waals surface area contributed by atoms with Gasteiger partial charge in [-0.05, 0) is 68.6 Å². The number of aryl methyl sites for hydroxylation is 1. The maximum absolute atomic E-state index is 12.9. The van der Waals surface area contributed by atoms with Gasteiger partial charge < -0.3 is 31.1 Å². The van der Waals surface area contributed by atoms with E-state index in [1.807, 2.05) is 22.9 Å². The van der Waals surface area contributed by atoms with Crippen molar-refractivity contribution >= 4 is 16.9 Å². The van der Waals surface area contributed by atoms with Gasteiger partial charge >= 0.3 is 0 Å². The van der Waals surface area contributed by atoms with E-state index in [0.717, 1.165) is 55.4 Å². The van der Waals surface area contributed by atoms with Crippen LogP contribution in [-0.2, 0) is 12.8 Å². The zero-order chi connectivity index (χ0) is 24.1. The lowest BCUT2D eigenvalue weighted by Gasteiger charge is -2.19. The van der Waals surface area contributed by atoms with E-state index in [0.29, 0.717) is 24.4 Å². The Morgan fingerprint density at radius 2 is 1.85 bits per heavy atom. The average Bonchev–Trinajstić information content (AvgIpc) is 3.35. The highest BCUT2D eigenvalue weighted by Crippen LogP contribution is 2.38. The SMILES string of the molecule is CCc1cn([C@@H]2C[C@H](CNCCCNCCc3ccc(F)cc3)[C@@H](O)[C@H]2O)c2ncnc(N)c12. The van der Waals surface area contributed by atoms with Gasteiger partial charge in [-0.2, -0.15) is 0 Å². The number of aromatic nitrogens is 3. The van der Waals surface area contributed by atoms with Gasteiger partial charge in [0.05, 0.1) is 17.5 Å². The fourth-order valence-corrected chi connectivity index (χ4v) is 4.92. The molecule has 2 heterocycles. The molecular formula is C25H35FN6O2. The zero-order valence-electron chi connectivity index (χ0n) is 19.6. The highest BCUT2D eigenvalue weighted by molar-refractivity contribution is 5.89. The summed E-state index contributed by atoms with van der Waals surface area (Å²) in [6.45, 7) is 5.24. The summed E-state index contributed by atoms with van der Waals surface area (Å²) < 4.78 is 14.9. The minimum atomic E-state index is -0.864. The number of aliphatic hydroxyl groups excluding tert-OH is 2. The summed E-state index contributed by atoms with van der Waals surface area (Å²) in [6.07, 6.45) is 5.03. The summed E-state index contributed by atoms with van der Waals surface area (Å²) in [5.41, 5.74) is 8.96. The lowest BCUT2D eigenvalue weighted by Crippen LogP contribution is -2.34. The molecule has 0 unspecified atom stereocenters. The number of fused-ring (bicyclic) bond motifs is 1. The summed E-state index contributed by atoms with van der Waals surface area (Å²) in [7, 11) is 0. The summed E-state index contributed by atoms with van der Waals surface area (Å²) in [4.78, 5) is 8.53. The molecule has 34 heavy (non-hydrogen) atoms. The third-order valence-corrected chi connectivity index (χ3v) is 6.84. The van der Waals surface area contributed by atoms with Crippen molar-refractivity contribution in [2.75, 3.05) is 31.9 Å². The fourth-order valence-electron chi connectivity index (χ4n) is 4.92. The van der Waals surface area contributed by atoms with Gasteiger partial charge in [-0.1, -0.05) is 19.1 Å². The van der Waals surface area contributed by atoms with E-state index in [2.05, 4.69) is 27.5 Å². The number of aliphatic hydroxyl groups is 2. The molecule has 0 spiro atoms. The quantitative estimate of drug-likeness (QED) is 0.271. The van der Waals surface area contributed by atoms with Crippen molar-refractivity contribution in [2.24, 2.45) is 5.92 Å². The number of nitrogens with two attached hydrogens (primary N) is 1. The van der Waals surface area contributed by atoms with Gasteiger partial charge in [0.2, 0.25) is 0 Å². The van der Waals surface area contributed by atoms with Gasteiger partial charge in [-0.3, -0.25) is 0 Å². The molecule has 1 fully saturated rings. The molecule has 1 saturated carbocycles. The van der Waals surface area contributed by atoms with Crippen LogP contribution in [0.2, 0.25) is 0 Å². The predicted octanol–water partition coefficient (Wildman–Crippen LogP) is 1.81. The number of hydrogen-bond donors (Lipinski definition) is 5. The van der Waals surface area contributed by atoms with E-state index in [1.54, 1.807) is 0 Å². The van der Waals surface area contributed by atoms with Crippen LogP contribution in [0.5, 0.6) is 0 Å². The summed E-state index contributed by atoms with van der Waals surface area (Å²) >= 11 is 0. The molecule has 0 bridgehead atoms. The molecule has 9 heteroatoms. The summed E-state index contributed by atoms with van der Waals surface area (Å²) in [5, 5.41) is 29.1. The highest BCUT2D eigenvalue weighted by atomic mass is 19.1. The summed E-state index contributed by atoms with van der Waals surface area (Å²) in [6, 6.07) is 6.35. The Morgan fingerprint density at radius 3 is 2.62 bits per heavy atom. The Hall–Kier alpha value is -2.59. The number of halogens is 1. The normalized spacial score (nSPS) is 22.6. The van der Waals surface area contributed by atoms with E-state index >= 15 is 0 Å². The minimum absolute atomic E-state index is 0.0480. The first-order valence-electron chi connectivity index (χ1n) is 12.1. The molecule has 1 aliphatic carbocycles. The number of anilines is 1. The van der Waals surface area contributed by atoms with Crippen molar-refractivity contribution in [1.29, 1.82) is 0 Å². The molecule has 4 atom stereocenters. The number of nitrogens with one attached hydrogen (secondary N) is 2. The molecular weight excluding hydrogens is 435 g/mol. The number of rotatable bonds is 11. The zero-order valence-corrected chi connectivity index (χ0v) is 19.6. The van der Waals surface area contributed by atoms with Crippen LogP contribution in [0, 0.1) is 11.7 Å². The number of hydrogen-bond acceptors (Lipinski definition) is 7. The van der Waals surface area contributed by atoms with Gasteiger partial charge in [-0.25, -0.2) is 14.4 Å². The first-order chi connectivity index (χ1) is 16.5. The fraction of sp³-hybridized carbons (Fsp3) is 0.520. The molecule has 4 rings (SSSR count). The van der Waals surface area contributed by atoms with Gasteiger partial charge in [0.25, 0.3) is 0 Å². The Balaban J connectivity index is 1.22. The van der Waals surface area contributed by atoms with E-state index < -0.39 is 12.2 Å². The second-order valence-electron chi connectivity index (χ2n) is 9.10. The van der Waals surface area contributed by atoms with Gasteiger partial charge in [0.1, 0.15) is 29.7 Å². The van der Waals surface area contributed by atoms with Crippen molar-refractivity contribution in [1.82, 2.24) is 25.2 Å². The lowest BCUT2D eigenvalue weighted by molar-refractivity contribution is 0.00692. The Labute approximate surface area is 199 Å². The first kappa shape index (κ1) is 24.5. The van der Waals surface area contributed by atoms with Crippen LogP contribution in [0.1, 0.15) is 36.9 Å². The Bertz CT molecular complexity index is 1070. The Kier molecular flexibility index (Phi) is 8.10. The van der Waals surface area contributed by atoms with Gasteiger partial charge in [-0.15, -0.1) is 0 Å². The van der Waals surface area contributed by atoms with Crippen LogP contribution in [0.3, 0.4) is 0 Å². The van der Waals surface area contributed by atoms with E-state index in [4.69, 9.17) is 5.73 Å². The first-order valence-corrected chi connectivity index (χ1v) is 12.1. The standard InChI is InChI=1S/C25H35FN6O2/c1-2-17-14-32(25-21(17)24(27)30-15-31-25)20-12-18(22(33)23(20)34)13-29-10-3-9-28-11-8-16-4-6-19(26)7-5-16/h4-7,14-15,18,20,22-23,28-29,33-34H,2-3,8-13H2,1H3,(H2,27,30,31)/t18-,20-,22-,23+/m1/s1. The molecule has 3 aromatic rings. The monoisotopic (exact) mass is 470 g/mol. The molecule has 1 aromatic carbocycles. The number of benzene rings is 1. The number of nitrogens with zero attached hydrogens (tertiary/aromatic N) is 3. The molecule has 0 aliphatic heterocycles. The van der Waals surface area contributed by atoms with Crippen molar-refractivity contribution in [3.05, 3.63) is 53.7 Å². The predicted molar refractivity (Wildman–Crippen MR) is 131 cm³/mol. The molecule has 0 radical (unpaired) electrons. The summed E-state index contributed by atoms with van der Waals surface area (Å²) in [5.74, 6) is 0.186. The van der Waals surface area contributed by atoms with E-state index in [9.17, 15) is 14.6 Å². The second-order valence-corrected chi connectivity index (χ2v) is 9.10. The van der Waals surface area contributed by atoms with Crippen molar-refractivity contribution in [3.63, 3.8) is 0 Å². The van der Waals surface area contributed by atoms with Crippen molar-refractivity contribution in [2.45, 2.75) is 50.9 Å². The second kappa shape index (κ2) is 11.2. The molecule has 8 nitrogen and oxygen atoms in total. The van der Waals surface area contributed by atoms with Crippen LogP contribution in [0.4, 0.5) is 10.2 Å². The Morgan fingerprint density at radius 1 is 1.09 bits per heavy atom. The van der Waals surface area contributed by atoms with Crippen LogP contribution < -0.4 is 16.4 Å². The van der Waals surface area contributed by atoms with Crippen LogP contribution in [0.25, 0.3) is 11.0 Å². The van der Waals surface area contributed by atoms with Crippen molar-refractivity contribution in [3.8, 4) is 0 Å². The molecule has 0 amide bonds. The topological polar surface area (TPSA) is 121 Å². The van der Waals surface area contributed by atoms with Crippen LogP contribution in [0.15, 0.2) is 36.8 Å². The average molecular weight is 471 g/mol. The van der Waals surface area contributed by atoms with E-state index in [-0.39, 0.29) is 17.8 Å². The highest BCUT2D eigenvalue weighted by Gasteiger charge is 2.42. The largest absolute Gasteiger partial charge is 0.390 e. The third-order valence-electron chi connectivity index (χ3n) is 6.84. The third kappa shape index (κ3) is 5.38. The van der Waals surface area contributed by atoms with Crippen molar-refractivity contribution < 1.29 is 14.6 Å². The molecule has 0 saturated heterocycles. The van der Waals surface area contributed by atoms with Crippen LogP contribution in [-0.4, -0.2) is 63.1 Å². The molecule has 6 N–H and O–H groups in total. The number of nitrogen functional groups attached to an aromatic ring is 1. The lowest BCUT2D eigenvalue weighted by atomic mass is 10.1. The maximum Gasteiger partial charge on any atom is 0.146 e.